The number of sulfonamides is 1. The Labute approximate surface area is 249 Å². The zero-order chi connectivity index (χ0) is 28.8. The molecule has 2 heterocycles. The molecule has 2 aliphatic heterocycles. The van der Waals surface area contributed by atoms with Gasteiger partial charge in [-0.15, -0.1) is 0 Å². The van der Waals surface area contributed by atoms with Crippen LogP contribution in [-0.2, 0) is 10.0 Å². The first-order valence-electron chi connectivity index (χ1n) is 15.5. The fourth-order valence-corrected chi connectivity index (χ4v) is 9.85. The average Bonchev–Trinajstić information content (AvgIpc) is 3.07. The lowest BCUT2D eigenvalue weighted by molar-refractivity contribution is 0.00647. The molecule has 7 nitrogen and oxygen atoms in total. The van der Waals surface area contributed by atoms with Gasteiger partial charge >= 0.3 is 0 Å². The van der Waals surface area contributed by atoms with Crippen molar-refractivity contribution in [2.45, 2.75) is 82.5 Å². The summed E-state index contributed by atoms with van der Waals surface area (Å²) < 4.78 is 35.3. The predicted molar refractivity (Wildman–Crippen MR) is 162 cm³/mol. The Kier molecular flexibility index (Phi) is 8.20. The first-order chi connectivity index (χ1) is 19.7. The van der Waals surface area contributed by atoms with Crippen LogP contribution in [0.1, 0.15) is 81.5 Å². The summed E-state index contributed by atoms with van der Waals surface area (Å²) in [5.74, 6) is 1.39. The molecular formula is C32H43ClN2O5S. The number of ether oxygens (including phenoxy) is 1. The number of carbonyl (C=O) groups is 1. The standard InChI is InChI=1S/C32H43ClN2O5S/c1-2-25-7-3-4-8-29(36)26-12-9-23(26)18-35-19-32(15-5-6-21-16-24(33)11-13-27(21)32)20-40-30-14-10-22(17-28(30)35)31(37)34-41(25,38)39/h10-11,13-14,16-17,21,23,25-27,29,36H,2-9,12,15,18-20H2,1H3,(H,34,37)/t21?,23-,25-,26+,27?,29-,32-/m0/s1. The van der Waals surface area contributed by atoms with E-state index in [0.717, 1.165) is 68.1 Å². The fraction of sp³-hybridized carbons (Fsp3) is 0.656. The number of allylic oxidation sites excluding steroid dienone is 4. The molecule has 41 heavy (non-hydrogen) atoms. The third-order valence-electron chi connectivity index (χ3n) is 10.6. The largest absolute Gasteiger partial charge is 0.491 e. The van der Waals surface area contributed by atoms with Crippen LogP contribution in [0.3, 0.4) is 0 Å². The Morgan fingerprint density at radius 3 is 2.76 bits per heavy atom. The molecule has 1 spiro atoms. The Morgan fingerprint density at radius 1 is 1.15 bits per heavy atom. The first-order valence-corrected chi connectivity index (χ1v) is 17.4. The molecule has 6 rings (SSSR count). The monoisotopic (exact) mass is 602 g/mol. The number of benzene rings is 1. The zero-order valence-corrected chi connectivity index (χ0v) is 25.5. The van der Waals surface area contributed by atoms with E-state index in [1.807, 2.05) is 25.1 Å². The highest BCUT2D eigenvalue weighted by atomic mass is 35.5. The SMILES string of the molecule is CC[C@H]1CCCC[C@H](O)[C@@H]2CC[C@H]2CN2C[C@@]3(CCCC4C=C(Cl)C=CC43)COc3ccc(cc32)C(=O)NS1(=O)=O. The maximum absolute atomic E-state index is 13.3. The number of anilines is 1. The van der Waals surface area contributed by atoms with Gasteiger partial charge in [-0.2, -0.15) is 0 Å². The van der Waals surface area contributed by atoms with Crippen LogP contribution in [0.4, 0.5) is 5.69 Å². The van der Waals surface area contributed by atoms with E-state index in [4.69, 9.17) is 16.3 Å². The maximum Gasteiger partial charge on any atom is 0.264 e. The molecule has 1 amide bonds. The molecule has 2 fully saturated rings. The molecule has 0 saturated heterocycles. The highest BCUT2D eigenvalue weighted by Crippen LogP contribution is 2.52. The predicted octanol–water partition coefficient (Wildman–Crippen LogP) is 5.78. The van der Waals surface area contributed by atoms with E-state index < -0.39 is 21.2 Å². The quantitative estimate of drug-likeness (QED) is 0.423. The van der Waals surface area contributed by atoms with E-state index in [9.17, 15) is 18.3 Å². The number of halogens is 1. The van der Waals surface area contributed by atoms with Crippen molar-refractivity contribution in [1.82, 2.24) is 4.72 Å². The van der Waals surface area contributed by atoms with Gasteiger partial charge in [0.15, 0.2) is 0 Å². The summed E-state index contributed by atoms with van der Waals surface area (Å²) in [6.07, 6.45) is 14.5. The lowest BCUT2D eigenvalue weighted by Crippen LogP contribution is -2.51. The molecule has 1 aromatic rings. The van der Waals surface area contributed by atoms with E-state index in [1.165, 1.54) is 0 Å². The van der Waals surface area contributed by atoms with E-state index in [0.29, 0.717) is 55.6 Å². The number of rotatable bonds is 1. The number of hydrogen-bond acceptors (Lipinski definition) is 6. The summed E-state index contributed by atoms with van der Waals surface area (Å²) in [4.78, 5) is 15.7. The molecule has 7 atom stereocenters. The van der Waals surface area contributed by atoms with Gasteiger partial charge in [-0.05, 0) is 92.9 Å². The smallest absolute Gasteiger partial charge is 0.264 e. The van der Waals surface area contributed by atoms with Gasteiger partial charge < -0.3 is 14.7 Å². The molecular weight excluding hydrogens is 560 g/mol. The van der Waals surface area contributed by atoms with Gasteiger partial charge in [0.25, 0.3) is 5.91 Å². The summed E-state index contributed by atoms with van der Waals surface area (Å²) in [7, 11) is -3.83. The van der Waals surface area contributed by atoms with Gasteiger partial charge in [0.05, 0.1) is 23.6 Å². The number of nitrogens with one attached hydrogen (secondary N) is 1. The molecule has 2 saturated carbocycles. The van der Waals surface area contributed by atoms with Crippen molar-refractivity contribution in [1.29, 1.82) is 0 Å². The summed E-state index contributed by atoms with van der Waals surface area (Å²) in [5.41, 5.74) is 1.03. The van der Waals surface area contributed by atoms with Crippen LogP contribution >= 0.6 is 11.6 Å². The number of aliphatic hydroxyl groups is 1. The summed E-state index contributed by atoms with van der Waals surface area (Å²) in [6, 6.07) is 5.31. The van der Waals surface area contributed by atoms with Crippen LogP contribution in [0, 0.1) is 29.1 Å². The van der Waals surface area contributed by atoms with Gasteiger partial charge in [-0.1, -0.05) is 49.9 Å². The second-order valence-corrected chi connectivity index (χ2v) is 15.5. The third kappa shape index (κ3) is 5.68. The molecule has 3 aliphatic carbocycles. The van der Waals surface area contributed by atoms with Crippen molar-refractivity contribution in [2.75, 3.05) is 24.6 Å². The second-order valence-electron chi connectivity index (χ2n) is 13.1. The van der Waals surface area contributed by atoms with Gasteiger partial charge in [-0.25, -0.2) is 13.1 Å². The second kappa shape index (κ2) is 11.6. The molecule has 0 aromatic heterocycles. The zero-order valence-electron chi connectivity index (χ0n) is 23.9. The Bertz CT molecular complexity index is 1330. The van der Waals surface area contributed by atoms with E-state index >= 15 is 0 Å². The van der Waals surface area contributed by atoms with Crippen molar-refractivity contribution >= 4 is 33.2 Å². The molecule has 5 aliphatic rings. The Hall–Kier alpha value is -2.03. The molecule has 2 N–H and O–H groups in total. The number of hydrogen-bond donors (Lipinski definition) is 2. The normalized spacial score (nSPS) is 37.0. The van der Waals surface area contributed by atoms with E-state index in [1.54, 1.807) is 6.07 Å². The summed E-state index contributed by atoms with van der Waals surface area (Å²) in [6.45, 7) is 3.97. The number of carbonyl (C=O) groups excluding carboxylic acids is 1. The van der Waals surface area contributed by atoms with Crippen LogP contribution in [0.5, 0.6) is 5.75 Å². The van der Waals surface area contributed by atoms with Crippen molar-refractivity contribution in [3.05, 3.63) is 47.0 Å². The minimum absolute atomic E-state index is 0.120. The number of fused-ring (bicyclic) bond motifs is 4. The minimum atomic E-state index is -3.83. The van der Waals surface area contributed by atoms with Crippen LogP contribution in [0.2, 0.25) is 0 Å². The number of nitrogens with zero attached hydrogens (tertiary/aromatic N) is 1. The average molecular weight is 603 g/mol. The Balaban J connectivity index is 1.38. The van der Waals surface area contributed by atoms with Gasteiger partial charge in [-0.3, -0.25) is 4.79 Å². The topological polar surface area (TPSA) is 95.9 Å². The molecule has 1 aromatic carbocycles. The fourth-order valence-electron chi connectivity index (χ4n) is 8.16. The number of amides is 1. The van der Waals surface area contributed by atoms with Crippen molar-refractivity contribution < 1.29 is 23.1 Å². The molecule has 224 valence electrons. The van der Waals surface area contributed by atoms with Gasteiger partial charge in [0.2, 0.25) is 10.0 Å². The van der Waals surface area contributed by atoms with Crippen LogP contribution in [0.25, 0.3) is 0 Å². The van der Waals surface area contributed by atoms with E-state index in [-0.39, 0.29) is 17.4 Å². The molecule has 9 heteroatoms. The minimum Gasteiger partial charge on any atom is -0.491 e. The van der Waals surface area contributed by atoms with E-state index in [2.05, 4.69) is 21.8 Å². The highest BCUT2D eigenvalue weighted by Gasteiger charge is 2.49. The number of aliphatic hydroxyl groups excluding tert-OH is 1. The first kappa shape index (κ1) is 29.1. The lowest BCUT2D eigenvalue weighted by atomic mass is 9.60. The Morgan fingerprint density at radius 2 is 1.98 bits per heavy atom. The van der Waals surface area contributed by atoms with Crippen LogP contribution in [-0.4, -0.2) is 50.5 Å². The van der Waals surface area contributed by atoms with Crippen LogP contribution in [0.15, 0.2) is 41.5 Å². The molecule has 2 bridgehead atoms. The maximum atomic E-state index is 13.3. The van der Waals surface area contributed by atoms with Gasteiger partial charge in [0.1, 0.15) is 5.75 Å². The molecule has 0 radical (unpaired) electrons. The lowest BCUT2D eigenvalue weighted by Gasteiger charge is -2.49. The van der Waals surface area contributed by atoms with Gasteiger partial charge in [0, 0.05) is 29.1 Å². The molecule has 2 unspecified atom stereocenters. The van der Waals surface area contributed by atoms with Crippen molar-refractivity contribution in [3.63, 3.8) is 0 Å². The van der Waals surface area contributed by atoms with Crippen molar-refractivity contribution in [3.8, 4) is 5.75 Å². The summed E-state index contributed by atoms with van der Waals surface area (Å²) >= 11 is 6.42. The highest BCUT2D eigenvalue weighted by molar-refractivity contribution is 7.90. The third-order valence-corrected chi connectivity index (χ3v) is 12.8. The summed E-state index contributed by atoms with van der Waals surface area (Å²) in [5, 5.41) is 11.3. The van der Waals surface area contributed by atoms with Crippen LogP contribution < -0.4 is 14.4 Å². The van der Waals surface area contributed by atoms with Crippen molar-refractivity contribution in [2.24, 2.45) is 29.1 Å².